The van der Waals surface area contributed by atoms with Gasteiger partial charge in [0.2, 0.25) is 0 Å². The molecular weight excluding hydrogens is 404 g/mol. The van der Waals surface area contributed by atoms with Crippen LogP contribution in [0.5, 0.6) is 0 Å². The standard InChI is InChI=1S/C24H26N6O2/c1-2-17-8-9-21-19(14-17)15-20(24(31)25-21)22(29-10-12-32-13-11-29)23-26-27-28-30(23)16-18-6-4-3-5-7-18/h3-9,14-15,22H,2,10-13,16H2,1H3,(H,25,31)/t22-/m1/s1. The average molecular weight is 431 g/mol. The molecule has 4 aromatic rings. The Kier molecular flexibility index (Phi) is 5.79. The highest BCUT2D eigenvalue weighted by Gasteiger charge is 2.31. The third-order valence-electron chi connectivity index (χ3n) is 6.03. The third-order valence-corrected chi connectivity index (χ3v) is 6.03. The highest BCUT2D eigenvalue weighted by molar-refractivity contribution is 5.80. The number of H-pyrrole nitrogens is 1. The van der Waals surface area contributed by atoms with Crippen molar-refractivity contribution in [3.63, 3.8) is 0 Å². The van der Waals surface area contributed by atoms with Crippen molar-refractivity contribution < 1.29 is 4.74 Å². The predicted octanol–water partition coefficient (Wildman–Crippen LogP) is 2.55. The molecular formula is C24H26N6O2. The van der Waals surface area contributed by atoms with Crippen LogP contribution in [0.3, 0.4) is 0 Å². The number of fused-ring (bicyclic) bond motifs is 1. The first-order valence-corrected chi connectivity index (χ1v) is 11.0. The molecule has 1 aliphatic rings. The second-order valence-corrected chi connectivity index (χ2v) is 8.06. The van der Waals surface area contributed by atoms with Crippen molar-refractivity contribution in [1.29, 1.82) is 0 Å². The lowest BCUT2D eigenvalue weighted by atomic mass is 10.0. The molecule has 1 atom stereocenters. The van der Waals surface area contributed by atoms with Gasteiger partial charge in [0.1, 0.15) is 6.04 Å². The van der Waals surface area contributed by atoms with E-state index < -0.39 is 0 Å². The van der Waals surface area contributed by atoms with Gasteiger partial charge in [-0.25, -0.2) is 4.68 Å². The molecule has 32 heavy (non-hydrogen) atoms. The van der Waals surface area contributed by atoms with Gasteiger partial charge in [0.05, 0.1) is 19.8 Å². The molecule has 2 aromatic carbocycles. The fourth-order valence-electron chi connectivity index (χ4n) is 4.31. The first-order chi connectivity index (χ1) is 15.7. The number of aromatic amines is 1. The molecule has 0 aliphatic carbocycles. The summed E-state index contributed by atoms with van der Waals surface area (Å²) in [7, 11) is 0. The van der Waals surface area contributed by atoms with E-state index in [0.717, 1.165) is 22.9 Å². The van der Waals surface area contributed by atoms with Gasteiger partial charge in [-0.1, -0.05) is 43.3 Å². The molecule has 3 heterocycles. The maximum atomic E-state index is 13.2. The molecule has 8 nitrogen and oxygen atoms in total. The van der Waals surface area contributed by atoms with E-state index in [2.05, 4.69) is 44.5 Å². The summed E-state index contributed by atoms with van der Waals surface area (Å²) in [5, 5.41) is 13.6. The maximum Gasteiger partial charge on any atom is 0.253 e. The Balaban J connectivity index is 1.62. The van der Waals surface area contributed by atoms with E-state index in [1.807, 2.05) is 42.5 Å². The fourth-order valence-corrected chi connectivity index (χ4v) is 4.31. The zero-order valence-corrected chi connectivity index (χ0v) is 18.1. The first kappa shape index (κ1) is 20.5. The van der Waals surface area contributed by atoms with Crippen LogP contribution in [0.25, 0.3) is 10.9 Å². The average Bonchev–Trinajstić information content (AvgIpc) is 3.28. The Morgan fingerprint density at radius 3 is 2.66 bits per heavy atom. The molecule has 1 fully saturated rings. The second-order valence-electron chi connectivity index (χ2n) is 8.06. The minimum Gasteiger partial charge on any atom is -0.379 e. The lowest BCUT2D eigenvalue weighted by Gasteiger charge is -2.33. The van der Waals surface area contributed by atoms with E-state index in [4.69, 9.17) is 4.74 Å². The number of pyridine rings is 1. The Hall–Kier alpha value is -3.36. The van der Waals surface area contributed by atoms with Gasteiger partial charge in [0, 0.05) is 24.2 Å². The quantitative estimate of drug-likeness (QED) is 0.506. The highest BCUT2D eigenvalue weighted by atomic mass is 16.5. The van der Waals surface area contributed by atoms with Gasteiger partial charge in [0.15, 0.2) is 5.82 Å². The molecule has 0 amide bonds. The van der Waals surface area contributed by atoms with Crippen molar-refractivity contribution in [2.45, 2.75) is 25.9 Å². The zero-order valence-electron chi connectivity index (χ0n) is 18.1. The summed E-state index contributed by atoms with van der Waals surface area (Å²) >= 11 is 0. The first-order valence-electron chi connectivity index (χ1n) is 11.0. The lowest BCUT2D eigenvalue weighted by molar-refractivity contribution is 0.0214. The van der Waals surface area contributed by atoms with E-state index >= 15 is 0 Å². The number of aryl methyl sites for hydroxylation is 1. The van der Waals surface area contributed by atoms with Crippen molar-refractivity contribution in [1.82, 2.24) is 30.1 Å². The van der Waals surface area contributed by atoms with Crippen molar-refractivity contribution in [3.8, 4) is 0 Å². The van der Waals surface area contributed by atoms with Crippen molar-refractivity contribution in [2.75, 3.05) is 26.3 Å². The summed E-state index contributed by atoms with van der Waals surface area (Å²) in [6.07, 6.45) is 0.937. The third kappa shape index (κ3) is 4.06. The normalized spacial score (nSPS) is 15.8. The Labute approximate surface area is 185 Å². The Morgan fingerprint density at radius 2 is 1.88 bits per heavy atom. The molecule has 0 saturated carbocycles. The Morgan fingerprint density at radius 1 is 1.06 bits per heavy atom. The fraction of sp³-hybridized carbons (Fsp3) is 0.333. The lowest BCUT2D eigenvalue weighted by Crippen LogP contribution is -2.42. The molecule has 0 unspecified atom stereocenters. The summed E-state index contributed by atoms with van der Waals surface area (Å²) < 4.78 is 7.37. The zero-order chi connectivity index (χ0) is 21.9. The van der Waals surface area contributed by atoms with Crippen LogP contribution in [-0.4, -0.2) is 56.4 Å². The SMILES string of the molecule is CCc1ccc2[nH]c(=O)c([C@H](c3nnnn3Cc3ccccc3)N3CCOCC3)cc2c1. The molecule has 0 bridgehead atoms. The van der Waals surface area contributed by atoms with Crippen molar-refractivity contribution in [3.05, 3.63) is 87.5 Å². The number of aromatic nitrogens is 5. The number of hydrogen-bond acceptors (Lipinski definition) is 6. The minimum atomic E-state index is -0.365. The molecule has 1 N–H and O–H groups in total. The van der Waals surface area contributed by atoms with Crippen LogP contribution >= 0.6 is 0 Å². The van der Waals surface area contributed by atoms with Gasteiger partial charge >= 0.3 is 0 Å². The smallest absolute Gasteiger partial charge is 0.253 e. The number of ether oxygens (including phenoxy) is 1. The van der Waals surface area contributed by atoms with Crippen LogP contribution < -0.4 is 5.56 Å². The van der Waals surface area contributed by atoms with E-state index in [1.165, 1.54) is 5.56 Å². The molecule has 164 valence electrons. The topological polar surface area (TPSA) is 88.9 Å². The summed E-state index contributed by atoms with van der Waals surface area (Å²) in [6, 6.07) is 17.9. The monoisotopic (exact) mass is 430 g/mol. The van der Waals surface area contributed by atoms with Crippen LogP contribution in [0.1, 0.15) is 35.5 Å². The molecule has 5 rings (SSSR count). The van der Waals surface area contributed by atoms with Crippen LogP contribution in [-0.2, 0) is 17.7 Å². The Bertz CT molecular complexity index is 1260. The summed E-state index contributed by atoms with van der Waals surface area (Å²) in [6.45, 7) is 5.30. The molecule has 2 aromatic heterocycles. The number of rotatable bonds is 6. The van der Waals surface area contributed by atoms with Gasteiger partial charge in [0.25, 0.3) is 5.56 Å². The highest BCUT2D eigenvalue weighted by Crippen LogP contribution is 2.28. The van der Waals surface area contributed by atoms with E-state index in [1.54, 1.807) is 4.68 Å². The minimum absolute atomic E-state index is 0.118. The molecule has 0 spiro atoms. The number of nitrogens with one attached hydrogen (secondary N) is 1. The van der Waals surface area contributed by atoms with E-state index in [0.29, 0.717) is 44.2 Å². The van der Waals surface area contributed by atoms with Gasteiger partial charge in [-0.3, -0.25) is 9.69 Å². The van der Waals surface area contributed by atoms with Crippen molar-refractivity contribution in [2.24, 2.45) is 0 Å². The number of morpholine rings is 1. The van der Waals surface area contributed by atoms with Gasteiger partial charge < -0.3 is 9.72 Å². The molecule has 0 radical (unpaired) electrons. The van der Waals surface area contributed by atoms with Gasteiger partial charge in [-0.05, 0) is 51.6 Å². The second kappa shape index (κ2) is 9.02. The van der Waals surface area contributed by atoms with Crippen LogP contribution in [0, 0.1) is 0 Å². The van der Waals surface area contributed by atoms with Gasteiger partial charge in [-0.15, -0.1) is 5.10 Å². The molecule has 1 saturated heterocycles. The largest absolute Gasteiger partial charge is 0.379 e. The van der Waals surface area contributed by atoms with Crippen LogP contribution in [0.4, 0.5) is 0 Å². The maximum absolute atomic E-state index is 13.2. The summed E-state index contributed by atoms with van der Waals surface area (Å²) in [4.78, 5) is 18.5. The van der Waals surface area contributed by atoms with E-state index in [-0.39, 0.29) is 11.6 Å². The summed E-state index contributed by atoms with van der Waals surface area (Å²) in [5.74, 6) is 0.659. The molecule has 1 aliphatic heterocycles. The van der Waals surface area contributed by atoms with Crippen LogP contribution in [0.15, 0.2) is 59.4 Å². The predicted molar refractivity (Wildman–Crippen MR) is 122 cm³/mol. The number of hydrogen-bond donors (Lipinski definition) is 1. The summed E-state index contributed by atoms with van der Waals surface area (Å²) in [5.41, 5.74) is 3.69. The molecule has 8 heteroatoms. The van der Waals surface area contributed by atoms with Crippen LogP contribution in [0.2, 0.25) is 0 Å². The number of benzene rings is 2. The van der Waals surface area contributed by atoms with E-state index in [9.17, 15) is 4.79 Å². The number of tetrazole rings is 1. The van der Waals surface area contributed by atoms with Crippen molar-refractivity contribution >= 4 is 10.9 Å². The van der Waals surface area contributed by atoms with Gasteiger partial charge in [-0.2, -0.15) is 0 Å². The number of nitrogens with zero attached hydrogens (tertiary/aromatic N) is 5.